The zero-order valence-electron chi connectivity index (χ0n) is 14.7. The summed E-state index contributed by atoms with van der Waals surface area (Å²) < 4.78 is 23.1. The van der Waals surface area contributed by atoms with E-state index in [1.807, 2.05) is 0 Å². The van der Waals surface area contributed by atoms with Crippen molar-refractivity contribution in [3.63, 3.8) is 0 Å². The number of hydrogen-bond acceptors (Lipinski definition) is 5. The Kier molecular flexibility index (Phi) is 8.74. The van der Waals surface area contributed by atoms with Crippen LogP contribution in [0, 0.1) is 6.92 Å². The lowest BCUT2D eigenvalue weighted by atomic mass is 9.96. The molecule has 0 unspecified atom stereocenters. The van der Waals surface area contributed by atoms with Crippen molar-refractivity contribution in [2.75, 3.05) is 31.6 Å². The fourth-order valence-corrected chi connectivity index (χ4v) is 5.04. The third-order valence-corrected chi connectivity index (χ3v) is 7.50. The van der Waals surface area contributed by atoms with Gasteiger partial charge in [-0.1, -0.05) is 29.8 Å². The first kappa shape index (κ1) is 22.3. The summed E-state index contributed by atoms with van der Waals surface area (Å²) >= 11 is 1.73. The summed E-state index contributed by atoms with van der Waals surface area (Å²) in [6, 6.07) is 8.39. The molecule has 25 heavy (non-hydrogen) atoms. The minimum absolute atomic E-state index is 0. The molecule has 1 aromatic rings. The molecular formula is C17H27ClN2O3S2. The van der Waals surface area contributed by atoms with Gasteiger partial charge in [-0.2, -0.15) is 11.8 Å². The molecule has 0 aromatic heterocycles. The lowest BCUT2D eigenvalue weighted by Gasteiger charge is -2.34. The summed E-state index contributed by atoms with van der Waals surface area (Å²) in [7, 11) is -3.44. The second-order valence-corrected chi connectivity index (χ2v) is 9.74. The van der Waals surface area contributed by atoms with E-state index >= 15 is 0 Å². The van der Waals surface area contributed by atoms with Crippen LogP contribution in [0.2, 0.25) is 0 Å². The number of sulfone groups is 1. The highest BCUT2D eigenvalue weighted by Crippen LogP contribution is 2.28. The number of rotatable bonds is 7. The monoisotopic (exact) mass is 406 g/mol. The van der Waals surface area contributed by atoms with Crippen molar-refractivity contribution >= 4 is 39.9 Å². The molecule has 0 bridgehead atoms. The van der Waals surface area contributed by atoms with Gasteiger partial charge in [0.1, 0.15) is 0 Å². The molecule has 1 aliphatic heterocycles. The maximum atomic E-state index is 12.5. The predicted molar refractivity (Wildman–Crippen MR) is 107 cm³/mol. The number of amides is 1. The van der Waals surface area contributed by atoms with Crippen LogP contribution in [0.3, 0.4) is 0 Å². The molecule has 0 aliphatic carbocycles. The van der Waals surface area contributed by atoms with Crippen LogP contribution in [0.25, 0.3) is 0 Å². The maximum absolute atomic E-state index is 12.5. The molecule has 0 saturated carbocycles. The highest BCUT2D eigenvalue weighted by Gasteiger charge is 2.48. The quantitative estimate of drug-likeness (QED) is 0.677. The van der Waals surface area contributed by atoms with Crippen molar-refractivity contribution in [3.8, 4) is 0 Å². The summed E-state index contributed by atoms with van der Waals surface area (Å²) in [6.07, 6.45) is 1.85. The topological polar surface area (TPSA) is 75.3 Å². The number of aryl methyl sites for hydroxylation is 1. The predicted octanol–water partition coefficient (Wildman–Crippen LogP) is 1.93. The third kappa shape index (κ3) is 5.88. The molecule has 0 radical (unpaired) electrons. The summed E-state index contributed by atoms with van der Waals surface area (Å²) in [6.45, 7) is 3.66. The second kappa shape index (κ2) is 9.80. The number of thioether (sulfide) groups is 1. The molecule has 0 spiro atoms. The number of benzene rings is 1. The zero-order chi connectivity index (χ0) is 17.6. The largest absolute Gasteiger partial charge is 0.354 e. The van der Waals surface area contributed by atoms with E-state index < -0.39 is 14.6 Å². The Morgan fingerprint density at radius 1 is 1.24 bits per heavy atom. The van der Waals surface area contributed by atoms with Gasteiger partial charge in [0.15, 0.2) is 14.6 Å². The van der Waals surface area contributed by atoms with E-state index in [2.05, 4.69) is 41.8 Å². The summed E-state index contributed by atoms with van der Waals surface area (Å²) in [5, 5.41) is 5.94. The first-order valence-electron chi connectivity index (χ1n) is 8.17. The van der Waals surface area contributed by atoms with Gasteiger partial charge in [-0.15, -0.1) is 12.4 Å². The van der Waals surface area contributed by atoms with Crippen LogP contribution >= 0.6 is 24.2 Å². The van der Waals surface area contributed by atoms with Gasteiger partial charge in [0, 0.05) is 24.3 Å². The van der Waals surface area contributed by atoms with Crippen LogP contribution in [0.5, 0.6) is 0 Å². The molecule has 1 aromatic carbocycles. The van der Waals surface area contributed by atoms with Gasteiger partial charge in [0.05, 0.1) is 0 Å². The molecule has 142 valence electrons. The Bertz CT molecular complexity index is 657. The van der Waals surface area contributed by atoms with Gasteiger partial charge in [-0.25, -0.2) is 8.42 Å². The Labute approximate surface area is 161 Å². The number of halogens is 1. The lowest BCUT2D eigenvalue weighted by Crippen LogP contribution is -2.57. The number of piperidine rings is 1. The Balaban J connectivity index is 0.00000312. The molecule has 0 atom stereocenters. The van der Waals surface area contributed by atoms with Gasteiger partial charge in [0.2, 0.25) is 5.91 Å². The fourth-order valence-electron chi connectivity index (χ4n) is 2.87. The van der Waals surface area contributed by atoms with Gasteiger partial charge in [-0.05, 0) is 38.4 Å². The van der Waals surface area contributed by atoms with Crippen molar-refractivity contribution < 1.29 is 13.2 Å². The van der Waals surface area contributed by atoms with Crippen LogP contribution in [-0.4, -0.2) is 50.7 Å². The second-order valence-electron chi connectivity index (χ2n) is 6.31. The zero-order valence-corrected chi connectivity index (χ0v) is 17.2. The molecule has 2 rings (SSSR count). The first-order valence-corrected chi connectivity index (χ1v) is 11.2. The maximum Gasteiger partial charge on any atom is 0.241 e. The van der Waals surface area contributed by atoms with E-state index in [9.17, 15) is 13.2 Å². The van der Waals surface area contributed by atoms with E-state index in [1.54, 1.807) is 11.8 Å². The highest BCUT2D eigenvalue weighted by atomic mass is 35.5. The fraction of sp³-hybridized carbons (Fsp3) is 0.588. The Morgan fingerprint density at radius 2 is 1.84 bits per heavy atom. The van der Waals surface area contributed by atoms with Crippen LogP contribution in [0.1, 0.15) is 24.0 Å². The van der Waals surface area contributed by atoms with E-state index in [-0.39, 0.29) is 18.3 Å². The number of carbonyl (C=O) groups excluding carboxylic acids is 1. The molecular weight excluding hydrogens is 380 g/mol. The Hall–Kier alpha value is -0.760. The van der Waals surface area contributed by atoms with Crippen LogP contribution < -0.4 is 10.6 Å². The minimum atomic E-state index is -3.44. The van der Waals surface area contributed by atoms with Crippen LogP contribution in [0.4, 0.5) is 0 Å². The number of carbonyl (C=O) groups is 1. The smallest absolute Gasteiger partial charge is 0.241 e. The summed E-state index contributed by atoms with van der Waals surface area (Å²) in [5.41, 5.74) is 2.49. The normalized spacial score (nSPS) is 16.7. The van der Waals surface area contributed by atoms with Crippen LogP contribution in [0.15, 0.2) is 24.3 Å². The third-order valence-electron chi connectivity index (χ3n) is 4.46. The lowest BCUT2D eigenvalue weighted by molar-refractivity contribution is -0.124. The van der Waals surface area contributed by atoms with Gasteiger partial charge >= 0.3 is 0 Å². The average molecular weight is 407 g/mol. The molecule has 5 nitrogen and oxygen atoms in total. The minimum Gasteiger partial charge on any atom is -0.354 e. The van der Waals surface area contributed by atoms with Crippen molar-refractivity contribution in [3.05, 3.63) is 35.4 Å². The van der Waals surface area contributed by atoms with E-state index in [1.165, 1.54) is 17.4 Å². The summed E-state index contributed by atoms with van der Waals surface area (Å²) in [5.74, 6) is 1.30. The number of hydrogen-bond donors (Lipinski definition) is 2. The molecule has 2 N–H and O–H groups in total. The van der Waals surface area contributed by atoms with E-state index in [0.29, 0.717) is 32.5 Å². The standard InChI is InChI=1S/C17H26N2O3S2.ClH/c1-14-3-5-15(6-4-14)13-23-12-11-19-16(20)17(24(2,21)22)7-9-18-10-8-17;/h3-6,18H,7-13H2,1-2H3,(H,19,20);1H. The SMILES string of the molecule is Cc1ccc(CSCCNC(=O)C2(S(C)(=O)=O)CCNCC2)cc1.Cl. The van der Waals surface area contributed by atoms with E-state index in [0.717, 1.165) is 11.5 Å². The molecule has 1 heterocycles. The molecule has 1 saturated heterocycles. The first-order chi connectivity index (χ1) is 11.3. The Morgan fingerprint density at radius 3 is 2.40 bits per heavy atom. The average Bonchev–Trinajstić information content (AvgIpc) is 2.55. The molecule has 1 amide bonds. The highest BCUT2D eigenvalue weighted by molar-refractivity contribution is 7.98. The van der Waals surface area contributed by atoms with Crippen molar-refractivity contribution in [1.29, 1.82) is 0 Å². The van der Waals surface area contributed by atoms with Gasteiger partial charge < -0.3 is 10.6 Å². The van der Waals surface area contributed by atoms with Crippen LogP contribution in [-0.2, 0) is 20.4 Å². The van der Waals surface area contributed by atoms with E-state index in [4.69, 9.17) is 0 Å². The molecule has 1 fully saturated rings. The van der Waals surface area contributed by atoms with Gasteiger partial charge in [0.25, 0.3) is 0 Å². The molecule has 8 heteroatoms. The summed E-state index contributed by atoms with van der Waals surface area (Å²) in [4.78, 5) is 12.5. The molecule has 1 aliphatic rings. The van der Waals surface area contributed by atoms with Crippen molar-refractivity contribution in [1.82, 2.24) is 10.6 Å². The van der Waals surface area contributed by atoms with Crippen molar-refractivity contribution in [2.24, 2.45) is 0 Å². The van der Waals surface area contributed by atoms with Crippen molar-refractivity contribution in [2.45, 2.75) is 30.3 Å². The number of nitrogens with one attached hydrogen (secondary N) is 2. The van der Waals surface area contributed by atoms with Gasteiger partial charge in [-0.3, -0.25) is 4.79 Å².